The van der Waals surface area contributed by atoms with Gasteiger partial charge in [-0.05, 0) is 17.7 Å². The van der Waals surface area contributed by atoms with Gasteiger partial charge in [0.25, 0.3) is 0 Å². The topological polar surface area (TPSA) is 62.0 Å². The van der Waals surface area contributed by atoms with Crippen molar-refractivity contribution in [3.05, 3.63) is 29.8 Å². The molecule has 1 aromatic carbocycles. The molecule has 0 bridgehead atoms. The Balaban J connectivity index is 2.53. The molecular weight excluding hydrogens is 158 g/mol. The molecule has 2 N–H and O–H groups in total. The van der Waals surface area contributed by atoms with Crippen molar-refractivity contribution < 1.29 is 15.4 Å². The number of phenols is 1. The van der Waals surface area contributed by atoms with Gasteiger partial charge in [0.1, 0.15) is 5.75 Å². The lowest BCUT2D eigenvalue weighted by atomic mass is 10.2. The molecule has 12 heavy (non-hydrogen) atoms. The Kier molecular flexibility index (Phi) is 3.10. The zero-order valence-corrected chi connectivity index (χ0v) is 6.34. The van der Waals surface area contributed by atoms with Crippen LogP contribution in [0, 0.1) is 0 Å². The molecule has 0 saturated carbocycles. The van der Waals surface area contributed by atoms with Gasteiger partial charge in [0, 0.05) is 6.42 Å². The monoisotopic (exact) mass is 167 g/mol. The highest BCUT2D eigenvalue weighted by Crippen LogP contribution is 2.09. The fraction of sp³-hybridized carbons (Fsp3) is 0.125. The first-order valence-corrected chi connectivity index (χ1v) is 3.43. The van der Waals surface area contributed by atoms with Crippen LogP contribution in [0.25, 0.3) is 0 Å². The maximum atomic E-state index is 8.93. The summed E-state index contributed by atoms with van der Waals surface area (Å²) in [6.07, 6.45) is 1.98. The number of phenolic OH excluding ortho intramolecular Hbond substituents is 1. The van der Waals surface area contributed by atoms with Gasteiger partial charge >= 0.3 is 0 Å². The molecule has 0 heterocycles. The molecule has 0 radical (unpaired) electrons. The van der Waals surface area contributed by atoms with Gasteiger partial charge in [-0.25, -0.2) is 4.99 Å². The van der Waals surface area contributed by atoms with Crippen LogP contribution in [0.15, 0.2) is 29.4 Å². The van der Waals surface area contributed by atoms with Crippen molar-refractivity contribution in [2.45, 2.75) is 6.42 Å². The number of hydrogen-bond acceptors (Lipinski definition) is 4. The van der Waals surface area contributed by atoms with E-state index in [0.29, 0.717) is 6.42 Å². The molecule has 4 heteroatoms. The SMILES string of the molecule is OON=CCc1ccc(O)cc1. The Labute approximate surface area is 69.6 Å². The van der Waals surface area contributed by atoms with Gasteiger partial charge in [-0.3, -0.25) is 0 Å². The van der Waals surface area contributed by atoms with Crippen molar-refractivity contribution in [1.29, 1.82) is 0 Å². The summed E-state index contributed by atoms with van der Waals surface area (Å²) in [5, 5.41) is 19.9. The molecular formula is C8H9NO3. The lowest BCUT2D eigenvalue weighted by molar-refractivity contribution is -0.242. The minimum atomic E-state index is 0.231. The molecule has 4 nitrogen and oxygen atoms in total. The Morgan fingerprint density at radius 3 is 2.58 bits per heavy atom. The second-order valence-corrected chi connectivity index (χ2v) is 2.24. The molecule has 0 saturated heterocycles. The fourth-order valence-electron chi connectivity index (χ4n) is 0.808. The van der Waals surface area contributed by atoms with E-state index in [2.05, 4.69) is 10.1 Å². The molecule has 0 amide bonds. The first-order chi connectivity index (χ1) is 5.83. The minimum absolute atomic E-state index is 0.231. The number of oxime groups is 1. The van der Waals surface area contributed by atoms with E-state index in [1.807, 2.05) is 0 Å². The van der Waals surface area contributed by atoms with Crippen molar-refractivity contribution >= 4 is 6.21 Å². The van der Waals surface area contributed by atoms with Crippen LogP contribution in [-0.4, -0.2) is 16.6 Å². The highest BCUT2D eigenvalue weighted by Gasteiger charge is 1.89. The van der Waals surface area contributed by atoms with Gasteiger partial charge in [0.05, 0.1) is 6.21 Å². The van der Waals surface area contributed by atoms with Crippen molar-refractivity contribution in [1.82, 2.24) is 0 Å². The molecule has 0 aliphatic carbocycles. The second-order valence-electron chi connectivity index (χ2n) is 2.24. The summed E-state index contributed by atoms with van der Waals surface area (Å²) in [6.45, 7) is 0. The van der Waals surface area contributed by atoms with Crippen LogP contribution in [0.2, 0.25) is 0 Å². The van der Waals surface area contributed by atoms with E-state index >= 15 is 0 Å². The van der Waals surface area contributed by atoms with Crippen LogP contribution < -0.4 is 0 Å². The summed E-state index contributed by atoms with van der Waals surface area (Å²) < 4.78 is 0. The van der Waals surface area contributed by atoms with Crippen LogP contribution in [-0.2, 0) is 11.4 Å². The van der Waals surface area contributed by atoms with Crippen LogP contribution in [0.5, 0.6) is 5.75 Å². The number of aromatic hydroxyl groups is 1. The van der Waals surface area contributed by atoms with Gasteiger partial charge in [0.15, 0.2) is 0 Å². The smallest absolute Gasteiger partial charge is 0.115 e. The molecule has 0 aliphatic rings. The van der Waals surface area contributed by atoms with Gasteiger partial charge in [0.2, 0.25) is 0 Å². The summed E-state index contributed by atoms with van der Waals surface area (Å²) >= 11 is 0. The number of hydrogen-bond donors (Lipinski definition) is 2. The summed E-state index contributed by atoms with van der Waals surface area (Å²) in [6, 6.07) is 6.70. The molecule has 0 spiro atoms. The van der Waals surface area contributed by atoms with E-state index in [9.17, 15) is 0 Å². The first kappa shape index (κ1) is 8.55. The van der Waals surface area contributed by atoms with Crippen LogP contribution in [0.1, 0.15) is 5.56 Å². The van der Waals surface area contributed by atoms with Gasteiger partial charge in [-0.1, -0.05) is 17.3 Å². The summed E-state index contributed by atoms with van der Waals surface area (Å²) in [5.74, 6) is 0.231. The Morgan fingerprint density at radius 1 is 1.33 bits per heavy atom. The maximum Gasteiger partial charge on any atom is 0.115 e. The zero-order valence-electron chi connectivity index (χ0n) is 6.34. The summed E-state index contributed by atoms with van der Waals surface area (Å²) in [5.41, 5.74) is 0.980. The maximum absolute atomic E-state index is 8.93. The summed E-state index contributed by atoms with van der Waals surface area (Å²) in [4.78, 5) is 3.51. The molecule has 0 aliphatic heterocycles. The highest BCUT2D eigenvalue weighted by molar-refractivity contribution is 5.60. The first-order valence-electron chi connectivity index (χ1n) is 3.43. The van der Waals surface area contributed by atoms with Crippen LogP contribution >= 0.6 is 0 Å². The second kappa shape index (κ2) is 4.35. The third-order valence-electron chi connectivity index (χ3n) is 1.39. The Hall–Kier alpha value is -1.55. The van der Waals surface area contributed by atoms with Gasteiger partial charge in [-0.15, -0.1) is 0 Å². The van der Waals surface area contributed by atoms with Crippen molar-refractivity contribution in [3.8, 4) is 5.75 Å². The Morgan fingerprint density at radius 2 is 2.00 bits per heavy atom. The average Bonchev–Trinajstić information content (AvgIpc) is 2.09. The number of rotatable bonds is 3. The van der Waals surface area contributed by atoms with E-state index in [1.165, 1.54) is 6.21 Å². The molecule has 0 atom stereocenters. The van der Waals surface area contributed by atoms with Crippen molar-refractivity contribution in [2.75, 3.05) is 0 Å². The number of nitrogens with zero attached hydrogens (tertiary/aromatic N) is 1. The third kappa shape index (κ3) is 2.59. The van der Waals surface area contributed by atoms with Gasteiger partial charge in [-0.2, -0.15) is 5.26 Å². The lowest BCUT2D eigenvalue weighted by Crippen LogP contribution is -1.85. The van der Waals surface area contributed by atoms with E-state index in [1.54, 1.807) is 24.3 Å². The predicted octanol–water partition coefficient (Wildman–Crippen LogP) is 1.41. The molecule has 0 aromatic heterocycles. The fourth-order valence-corrected chi connectivity index (χ4v) is 0.808. The molecule has 0 unspecified atom stereocenters. The quantitative estimate of drug-likeness (QED) is 0.406. The van der Waals surface area contributed by atoms with Crippen LogP contribution in [0.4, 0.5) is 0 Å². The average molecular weight is 167 g/mol. The Bertz CT molecular complexity index is 256. The standard InChI is InChI=1S/C8H9NO3/c10-8-3-1-7(2-4-8)5-6-9-12-11/h1-4,6,10-11H,5H2. The van der Waals surface area contributed by atoms with Crippen molar-refractivity contribution in [2.24, 2.45) is 5.16 Å². The summed E-state index contributed by atoms with van der Waals surface area (Å²) in [7, 11) is 0. The lowest BCUT2D eigenvalue weighted by Gasteiger charge is -1.94. The van der Waals surface area contributed by atoms with E-state index in [0.717, 1.165) is 5.56 Å². The molecule has 1 aromatic rings. The number of benzene rings is 1. The van der Waals surface area contributed by atoms with E-state index < -0.39 is 0 Å². The van der Waals surface area contributed by atoms with Crippen LogP contribution in [0.3, 0.4) is 0 Å². The minimum Gasteiger partial charge on any atom is -0.508 e. The third-order valence-corrected chi connectivity index (χ3v) is 1.39. The molecule has 64 valence electrons. The molecule has 1 rings (SSSR count). The van der Waals surface area contributed by atoms with E-state index in [-0.39, 0.29) is 5.75 Å². The predicted molar refractivity (Wildman–Crippen MR) is 44.0 cm³/mol. The largest absolute Gasteiger partial charge is 0.508 e. The normalized spacial score (nSPS) is 10.4. The van der Waals surface area contributed by atoms with E-state index in [4.69, 9.17) is 10.4 Å². The molecule has 0 fully saturated rings. The van der Waals surface area contributed by atoms with Crippen molar-refractivity contribution in [3.63, 3.8) is 0 Å². The zero-order chi connectivity index (χ0) is 8.81. The highest BCUT2D eigenvalue weighted by atomic mass is 17.2. The van der Waals surface area contributed by atoms with Gasteiger partial charge < -0.3 is 5.11 Å².